The SMILES string of the molecule is CCC/C=C/CCCCN1C2C=CC=CC2C2C=CC=CC21. The molecule has 3 rings (SSSR count). The largest absolute Gasteiger partial charge is 0.289 e. The number of allylic oxidation sites excluding steroid dienone is 6. The van der Waals surface area contributed by atoms with Crippen LogP contribution in [0.5, 0.6) is 0 Å². The molecule has 22 heavy (non-hydrogen) atoms. The second-order valence-corrected chi connectivity index (χ2v) is 6.67. The first-order valence-corrected chi connectivity index (χ1v) is 9.02. The topological polar surface area (TPSA) is 3.24 Å². The number of fused-ring (bicyclic) bond motifs is 3. The van der Waals surface area contributed by atoms with Gasteiger partial charge in [-0.1, -0.05) is 74.1 Å². The van der Waals surface area contributed by atoms with Gasteiger partial charge in [0.2, 0.25) is 0 Å². The summed E-state index contributed by atoms with van der Waals surface area (Å²) >= 11 is 0. The highest BCUT2D eigenvalue weighted by Crippen LogP contribution is 2.41. The van der Waals surface area contributed by atoms with E-state index in [1.54, 1.807) is 0 Å². The van der Waals surface area contributed by atoms with Gasteiger partial charge >= 0.3 is 0 Å². The van der Waals surface area contributed by atoms with E-state index in [4.69, 9.17) is 0 Å². The van der Waals surface area contributed by atoms with Gasteiger partial charge in [0.25, 0.3) is 0 Å². The maximum atomic E-state index is 2.73. The lowest BCUT2D eigenvalue weighted by Crippen LogP contribution is -2.37. The second kappa shape index (κ2) is 7.78. The lowest BCUT2D eigenvalue weighted by Gasteiger charge is -2.29. The Morgan fingerprint density at radius 1 is 0.773 bits per heavy atom. The monoisotopic (exact) mass is 295 g/mol. The van der Waals surface area contributed by atoms with Crippen LogP contribution >= 0.6 is 0 Å². The third-order valence-electron chi connectivity index (χ3n) is 5.16. The van der Waals surface area contributed by atoms with E-state index < -0.39 is 0 Å². The molecule has 3 aliphatic rings. The summed E-state index contributed by atoms with van der Waals surface area (Å²) in [6.45, 7) is 3.46. The summed E-state index contributed by atoms with van der Waals surface area (Å²) in [5.41, 5.74) is 0. The molecule has 0 spiro atoms. The van der Waals surface area contributed by atoms with E-state index in [0.717, 1.165) is 0 Å². The van der Waals surface area contributed by atoms with Gasteiger partial charge in [-0.25, -0.2) is 0 Å². The van der Waals surface area contributed by atoms with E-state index in [-0.39, 0.29) is 0 Å². The zero-order valence-electron chi connectivity index (χ0n) is 13.8. The number of hydrogen-bond acceptors (Lipinski definition) is 1. The molecule has 0 amide bonds. The van der Waals surface area contributed by atoms with E-state index in [1.165, 1.54) is 38.6 Å². The maximum Gasteiger partial charge on any atom is 0.0356 e. The van der Waals surface area contributed by atoms with E-state index in [1.807, 2.05) is 0 Å². The van der Waals surface area contributed by atoms with Crippen LogP contribution in [0.4, 0.5) is 0 Å². The third-order valence-corrected chi connectivity index (χ3v) is 5.16. The summed E-state index contributed by atoms with van der Waals surface area (Å²) < 4.78 is 0. The molecule has 2 aliphatic carbocycles. The molecule has 0 aromatic heterocycles. The van der Waals surface area contributed by atoms with Crippen molar-refractivity contribution in [3.05, 3.63) is 60.8 Å². The van der Waals surface area contributed by atoms with Gasteiger partial charge in [0, 0.05) is 23.9 Å². The maximum absolute atomic E-state index is 2.73. The molecule has 1 aliphatic heterocycles. The molecule has 1 nitrogen and oxygen atoms in total. The van der Waals surface area contributed by atoms with Crippen molar-refractivity contribution >= 4 is 0 Å². The minimum atomic E-state index is 0.600. The summed E-state index contributed by atoms with van der Waals surface area (Å²) in [5, 5.41) is 0. The van der Waals surface area contributed by atoms with Crippen LogP contribution in [-0.4, -0.2) is 23.5 Å². The van der Waals surface area contributed by atoms with Gasteiger partial charge < -0.3 is 0 Å². The fourth-order valence-electron chi connectivity index (χ4n) is 4.06. The van der Waals surface area contributed by atoms with E-state index in [2.05, 4.69) is 72.6 Å². The molecule has 4 atom stereocenters. The first kappa shape index (κ1) is 15.6. The van der Waals surface area contributed by atoms with Crippen molar-refractivity contribution in [2.75, 3.05) is 6.54 Å². The molecular formula is C21H29N. The van der Waals surface area contributed by atoms with Gasteiger partial charge in [0.05, 0.1) is 0 Å². The lowest BCUT2D eigenvalue weighted by molar-refractivity contribution is 0.231. The average Bonchev–Trinajstić information content (AvgIpc) is 2.89. The summed E-state index contributed by atoms with van der Waals surface area (Å²) in [5.74, 6) is 1.33. The third kappa shape index (κ3) is 3.35. The van der Waals surface area contributed by atoms with Crippen molar-refractivity contribution in [2.45, 2.75) is 51.1 Å². The van der Waals surface area contributed by atoms with Crippen LogP contribution in [-0.2, 0) is 0 Å². The molecular weight excluding hydrogens is 266 g/mol. The number of nitrogens with zero attached hydrogens (tertiary/aromatic N) is 1. The second-order valence-electron chi connectivity index (χ2n) is 6.67. The van der Waals surface area contributed by atoms with Crippen molar-refractivity contribution in [2.24, 2.45) is 11.8 Å². The predicted molar refractivity (Wildman–Crippen MR) is 95.7 cm³/mol. The molecule has 0 radical (unpaired) electrons. The predicted octanol–water partition coefficient (Wildman–Crippen LogP) is 5.05. The molecule has 1 fully saturated rings. The Morgan fingerprint density at radius 3 is 2.00 bits per heavy atom. The van der Waals surface area contributed by atoms with Crippen LogP contribution in [0.3, 0.4) is 0 Å². The van der Waals surface area contributed by atoms with Crippen molar-refractivity contribution in [1.82, 2.24) is 4.90 Å². The highest BCUT2D eigenvalue weighted by Gasteiger charge is 2.44. The Kier molecular flexibility index (Phi) is 5.50. The molecule has 1 heterocycles. The van der Waals surface area contributed by atoms with Gasteiger partial charge in [-0.3, -0.25) is 4.90 Å². The molecule has 0 aromatic rings. The molecule has 4 unspecified atom stereocenters. The van der Waals surface area contributed by atoms with Crippen LogP contribution in [0.2, 0.25) is 0 Å². The first-order valence-electron chi connectivity index (χ1n) is 9.02. The van der Waals surface area contributed by atoms with Gasteiger partial charge in [0.15, 0.2) is 0 Å². The fraction of sp³-hybridized carbons (Fsp3) is 0.524. The average molecular weight is 295 g/mol. The summed E-state index contributed by atoms with van der Waals surface area (Å²) in [4.78, 5) is 2.73. The van der Waals surface area contributed by atoms with Crippen molar-refractivity contribution < 1.29 is 0 Å². The zero-order chi connectivity index (χ0) is 15.2. The standard InChI is InChI=1S/C21H29N/c1-2-3-4-5-6-7-12-17-22-20-15-10-8-13-18(20)19-14-9-11-16-21(19)22/h4-5,8-11,13-16,18-21H,2-3,6-7,12,17H2,1H3/b5-4+. The lowest BCUT2D eigenvalue weighted by atomic mass is 9.83. The Balaban J connectivity index is 1.53. The van der Waals surface area contributed by atoms with Crippen LogP contribution in [0, 0.1) is 11.8 Å². The molecule has 0 aromatic carbocycles. The number of unbranched alkanes of at least 4 members (excludes halogenated alkanes) is 3. The van der Waals surface area contributed by atoms with E-state index in [0.29, 0.717) is 23.9 Å². The summed E-state index contributed by atoms with van der Waals surface area (Å²) in [6, 6.07) is 1.20. The molecule has 0 saturated carbocycles. The van der Waals surface area contributed by atoms with Crippen molar-refractivity contribution in [3.63, 3.8) is 0 Å². The Bertz CT molecular complexity index is 460. The van der Waals surface area contributed by atoms with Gasteiger partial charge in [-0.15, -0.1) is 0 Å². The molecule has 1 heteroatoms. The van der Waals surface area contributed by atoms with Crippen molar-refractivity contribution in [3.8, 4) is 0 Å². The van der Waals surface area contributed by atoms with Crippen LogP contribution in [0.1, 0.15) is 39.0 Å². The quantitative estimate of drug-likeness (QED) is 0.469. The molecule has 1 saturated heterocycles. The highest BCUT2D eigenvalue weighted by molar-refractivity contribution is 5.30. The minimum absolute atomic E-state index is 0.600. The Labute approximate surface area is 135 Å². The first-order chi connectivity index (χ1) is 10.9. The van der Waals surface area contributed by atoms with E-state index >= 15 is 0 Å². The van der Waals surface area contributed by atoms with Crippen molar-refractivity contribution in [1.29, 1.82) is 0 Å². The van der Waals surface area contributed by atoms with Gasteiger partial charge in [-0.05, 0) is 32.2 Å². The Hall–Kier alpha value is -1.34. The smallest absolute Gasteiger partial charge is 0.0356 e. The number of rotatable bonds is 7. The van der Waals surface area contributed by atoms with Crippen LogP contribution in [0.25, 0.3) is 0 Å². The number of likely N-dealkylation sites (tertiary alicyclic amines) is 1. The molecule has 0 bridgehead atoms. The minimum Gasteiger partial charge on any atom is -0.289 e. The Morgan fingerprint density at radius 2 is 1.36 bits per heavy atom. The van der Waals surface area contributed by atoms with Crippen LogP contribution in [0.15, 0.2) is 60.8 Å². The molecule has 0 N–H and O–H groups in total. The van der Waals surface area contributed by atoms with Gasteiger partial charge in [0.1, 0.15) is 0 Å². The normalized spacial score (nSPS) is 32.8. The number of hydrogen-bond donors (Lipinski definition) is 0. The summed E-state index contributed by atoms with van der Waals surface area (Å²) in [6.07, 6.45) is 29.6. The van der Waals surface area contributed by atoms with E-state index in [9.17, 15) is 0 Å². The molecule has 118 valence electrons. The highest BCUT2D eigenvalue weighted by atomic mass is 15.2. The van der Waals surface area contributed by atoms with Crippen LogP contribution < -0.4 is 0 Å². The van der Waals surface area contributed by atoms with Gasteiger partial charge in [-0.2, -0.15) is 0 Å². The fourth-order valence-corrected chi connectivity index (χ4v) is 4.06. The summed E-state index contributed by atoms with van der Waals surface area (Å²) in [7, 11) is 0. The zero-order valence-corrected chi connectivity index (χ0v) is 13.8.